The Balaban J connectivity index is 1.42. The maximum absolute atomic E-state index is 2.45. The number of hydrogen-bond donors (Lipinski definition) is 0. The molecule has 188 valence electrons. The molecular weight excluding hydrogens is 484 g/mol. The van der Waals surface area contributed by atoms with E-state index in [-0.39, 0.29) is 0 Å². The molecule has 0 aliphatic heterocycles. The van der Waals surface area contributed by atoms with Crippen LogP contribution in [0.5, 0.6) is 0 Å². The van der Waals surface area contributed by atoms with Crippen LogP contribution < -0.4 is 4.90 Å². The summed E-state index contributed by atoms with van der Waals surface area (Å²) in [6.07, 6.45) is 0. The third-order valence-corrected chi connectivity index (χ3v) is 7.93. The van der Waals surface area contributed by atoms with E-state index >= 15 is 0 Å². The summed E-state index contributed by atoms with van der Waals surface area (Å²) < 4.78 is 2.45. The van der Waals surface area contributed by atoms with Crippen LogP contribution in [0.25, 0.3) is 49.4 Å². The van der Waals surface area contributed by atoms with E-state index in [4.69, 9.17) is 0 Å². The van der Waals surface area contributed by atoms with Gasteiger partial charge in [-0.15, -0.1) is 0 Å². The number of hydrogen-bond acceptors (Lipinski definition) is 1. The van der Waals surface area contributed by atoms with E-state index in [9.17, 15) is 0 Å². The lowest BCUT2D eigenvalue weighted by atomic mass is 9.99. The van der Waals surface area contributed by atoms with Gasteiger partial charge in [0.25, 0.3) is 0 Å². The summed E-state index contributed by atoms with van der Waals surface area (Å²) in [6.45, 7) is 0. The van der Waals surface area contributed by atoms with Crippen LogP contribution in [0.3, 0.4) is 0 Å². The Labute approximate surface area is 233 Å². The second-order valence-electron chi connectivity index (χ2n) is 10.2. The van der Waals surface area contributed by atoms with Crippen molar-refractivity contribution in [1.82, 2.24) is 4.57 Å². The molecule has 0 bridgehead atoms. The molecule has 0 radical (unpaired) electrons. The molecule has 1 aromatic heterocycles. The Bertz CT molecular complexity index is 2000. The zero-order chi connectivity index (χ0) is 26.5. The largest absolute Gasteiger partial charge is 0.310 e. The van der Waals surface area contributed by atoms with Crippen molar-refractivity contribution in [1.29, 1.82) is 0 Å². The first-order valence-corrected chi connectivity index (χ1v) is 13.7. The summed E-state index contributed by atoms with van der Waals surface area (Å²) in [5, 5.41) is 5.21. The minimum atomic E-state index is 1.13. The third kappa shape index (κ3) is 3.43. The summed E-state index contributed by atoms with van der Waals surface area (Å²) in [5.74, 6) is 0. The van der Waals surface area contributed by atoms with Crippen molar-refractivity contribution in [3.8, 4) is 16.8 Å². The smallest absolute Gasteiger partial charge is 0.0547 e. The lowest BCUT2D eigenvalue weighted by Crippen LogP contribution is -2.11. The van der Waals surface area contributed by atoms with Gasteiger partial charge in [-0.1, -0.05) is 109 Å². The van der Waals surface area contributed by atoms with Gasteiger partial charge in [-0.05, 0) is 59.3 Å². The van der Waals surface area contributed by atoms with Crippen LogP contribution in [0.15, 0.2) is 158 Å². The van der Waals surface area contributed by atoms with Gasteiger partial charge < -0.3 is 9.47 Å². The molecule has 0 atom stereocenters. The van der Waals surface area contributed by atoms with E-state index in [2.05, 4.69) is 167 Å². The van der Waals surface area contributed by atoms with Gasteiger partial charge in [0.05, 0.1) is 22.4 Å². The third-order valence-electron chi connectivity index (χ3n) is 7.93. The number of aromatic nitrogens is 1. The van der Waals surface area contributed by atoms with Gasteiger partial charge in [0.2, 0.25) is 0 Å². The molecular formula is C38H26N2. The fraction of sp³-hybridized carbons (Fsp3) is 0. The Morgan fingerprint density at radius 3 is 1.48 bits per heavy atom. The quantitative estimate of drug-likeness (QED) is 0.209. The second kappa shape index (κ2) is 9.14. The number of rotatable bonds is 5. The van der Waals surface area contributed by atoms with E-state index in [1.54, 1.807) is 0 Å². The van der Waals surface area contributed by atoms with Gasteiger partial charge in [0, 0.05) is 33.3 Å². The first kappa shape index (κ1) is 22.6. The molecule has 0 saturated carbocycles. The second-order valence-corrected chi connectivity index (χ2v) is 10.2. The number of para-hydroxylation sites is 4. The zero-order valence-corrected chi connectivity index (χ0v) is 21.9. The van der Waals surface area contributed by atoms with Crippen LogP contribution in [0.4, 0.5) is 17.1 Å². The Hall–Kier alpha value is -5.34. The minimum Gasteiger partial charge on any atom is -0.310 e. The topological polar surface area (TPSA) is 8.17 Å². The molecule has 8 rings (SSSR count). The Morgan fingerprint density at radius 2 is 0.875 bits per heavy atom. The summed E-state index contributed by atoms with van der Waals surface area (Å²) in [4.78, 5) is 2.35. The van der Waals surface area contributed by atoms with Gasteiger partial charge in [-0.25, -0.2) is 0 Å². The van der Waals surface area contributed by atoms with Gasteiger partial charge in [0.15, 0.2) is 0 Å². The van der Waals surface area contributed by atoms with Crippen molar-refractivity contribution in [2.24, 2.45) is 0 Å². The minimum absolute atomic E-state index is 1.13. The first-order chi connectivity index (χ1) is 19.9. The zero-order valence-electron chi connectivity index (χ0n) is 21.9. The van der Waals surface area contributed by atoms with Crippen molar-refractivity contribution < 1.29 is 0 Å². The van der Waals surface area contributed by atoms with Crippen LogP contribution in [0, 0.1) is 0 Å². The first-order valence-electron chi connectivity index (χ1n) is 13.7. The molecule has 7 aromatic carbocycles. The van der Waals surface area contributed by atoms with Gasteiger partial charge in [-0.3, -0.25) is 0 Å². The summed E-state index contributed by atoms with van der Waals surface area (Å²) >= 11 is 0. The molecule has 0 spiro atoms. The van der Waals surface area contributed by atoms with E-state index < -0.39 is 0 Å². The summed E-state index contributed by atoms with van der Waals surface area (Å²) in [7, 11) is 0. The maximum Gasteiger partial charge on any atom is 0.0547 e. The molecule has 1 heterocycles. The lowest BCUT2D eigenvalue weighted by molar-refractivity contribution is 1.18. The SMILES string of the molecule is c1ccc(N(c2ccccc2)c2ccccc2-c2ccccc2-n2c3cccc4ccc5cccc2c5c43)cc1. The van der Waals surface area contributed by atoms with Crippen LogP contribution in [-0.4, -0.2) is 4.57 Å². The van der Waals surface area contributed by atoms with Gasteiger partial charge in [-0.2, -0.15) is 0 Å². The number of benzene rings is 7. The molecule has 0 unspecified atom stereocenters. The standard InChI is InChI=1S/C38H26N2/c1-3-15-29(16-4-1)39(30-17-5-2-6-18-30)33-21-9-7-19-31(33)32-20-8-10-22-34(32)40-35-23-11-13-27-25-26-28-14-12-24-36(40)38(28)37(27)35/h1-26H. The normalized spacial score (nSPS) is 11.5. The molecule has 2 heteroatoms. The van der Waals surface area contributed by atoms with Crippen LogP contribution >= 0.6 is 0 Å². The van der Waals surface area contributed by atoms with Crippen LogP contribution in [0.2, 0.25) is 0 Å². The Kier molecular flexibility index (Phi) is 5.17. The molecule has 0 amide bonds. The molecule has 0 fully saturated rings. The van der Waals surface area contributed by atoms with Crippen LogP contribution in [0.1, 0.15) is 0 Å². The molecule has 2 nitrogen and oxygen atoms in total. The highest BCUT2D eigenvalue weighted by molar-refractivity contribution is 6.24. The number of nitrogens with zero attached hydrogens (tertiary/aromatic N) is 2. The highest BCUT2D eigenvalue weighted by Crippen LogP contribution is 2.44. The average molecular weight is 511 g/mol. The van der Waals surface area contributed by atoms with Gasteiger partial charge in [0.1, 0.15) is 0 Å². The predicted octanol–water partition coefficient (Wildman–Crippen LogP) is 10.5. The van der Waals surface area contributed by atoms with Gasteiger partial charge >= 0.3 is 0 Å². The molecule has 0 N–H and O–H groups in total. The van der Waals surface area contributed by atoms with E-state index in [1.807, 2.05) is 0 Å². The van der Waals surface area contributed by atoms with Crippen molar-refractivity contribution in [3.63, 3.8) is 0 Å². The molecule has 8 aromatic rings. The molecule has 0 aliphatic rings. The fourth-order valence-corrected chi connectivity index (χ4v) is 6.25. The molecule has 40 heavy (non-hydrogen) atoms. The Morgan fingerprint density at radius 1 is 0.375 bits per heavy atom. The van der Waals surface area contributed by atoms with E-state index in [0.29, 0.717) is 0 Å². The fourth-order valence-electron chi connectivity index (χ4n) is 6.25. The van der Waals surface area contributed by atoms with Crippen molar-refractivity contribution in [2.45, 2.75) is 0 Å². The average Bonchev–Trinajstić information content (AvgIpc) is 3.37. The lowest BCUT2D eigenvalue weighted by Gasteiger charge is -2.28. The van der Waals surface area contributed by atoms with Crippen molar-refractivity contribution in [3.05, 3.63) is 158 Å². The highest BCUT2D eigenvalue weighted by atomic mass is 15.1. The van der Waals surface area contributed by atoms with E-state index in [1.165, 1.54) is 49.4 Å². The predicted molar refractivity (Wildman–Crippen MR) is 170 cm³/mol. The summed E-state index contributed by atoms with van der Waals surface area (Å²) in [5.41, 5.74) is 9.41. The monoisotopic (exact) mass is 510 g/mol. The van der Waals surface area contributed by atoms with E-state index in [0.717, 1.165) is 17.1 Å². The summed E-state index contributed by atoms with van der Waals surface area (Å²) in [6, 6.07) is 56.6. The maximum atomic E-state index is 2.45. The highest BCUT2D eigenvalue weighted by Gasteiger charge is 2.21. The van der Waals surface area contributed by atoms with Crippen molar-refractivity contribution in [2.75, 3.05) is 4.90 Å². The molecule has 0 saturated heterocycles. The molecule has 0 aliphatic carbocycles. The van der Waals surface area contributed by atoms with Crippen LogP contribution in [-0.2, 0) is 0 Å². The number of anilines is 3. The van der Waals surface area contributed by atoms with Crippen molar-refractivity contribution >= 4 is 49.6 Å².